The van der Waals surface area contributed by atoms with E-state index in [9.17, 15) is 0 Å². The molecule has 17 heavy (non-hydrogen) atoms. The summed E-state index contributed by atoms with van der Waals surface area (Å²) in [5, 5.41) is 0. The Bertz CT molecular complexity index is 228. The van der Waals surface area contributed by atoms with E-state index in [0.717, 1.165) is 11.8 Å². The fraction of sp³-hybridized carbons (Fsp3) is 1.00. The quantitative estimate of drug-likeness (QED) is 0.601. The Hall–Kier alpha value is -0.0400. The number of fused-ring (bicyclic) bond motifs is 1. The van der Waals surface area contributed by atoms with Crippen LogP contribution in [0.4, 0.5) is 0 Å². The van der Waals surface area contributed by atoms with Crippen molar-refractivity contribution < 1.29 is 0 Å². The fourth-order valence-electron chi connectivity index (χ4n) is 3.74. The van der Waals surface area contributed by atoms with Crippen LogP contribution < -0.4 is 0 Å². The molecule has 2 fully saturated rings. The summed E-state index contributed by atoms with van der Waals surface area (Å²) in [5.41, 5.74) is 0.378. The molecule has 0 spiro atoms. The van der Waals surface area contributed by atoms with Crippen LogP contribution in [0.5, 0.6) is 0 Å². The van der Waals surface area contributed by atoms with Crippen LogP contribution in [0.25, 0.3) is 0 Å². The van der Waals surface area contributed by atoms with Crippen LogP contribution in [-0.2, 0) is 0 Å². The molecule has 2 unspecified atom stereocenters. The van der Waals surface area contributed by atoms with Crippen molar-refractivity contribution in [1.29, 1.82) is 0 Å². The SMILES string of the molecule is CC(C)(C)N1CCC2CCCCCCCC2C1. The summed E-state index contributed by atoms with van der Waals surface area (Å²) in [6, 6.07) is 0. The van der Waals surface area contributed by atoms with Crippen molar-refractivity contribution >= 4 is 0 Å². The summed E-state index contributed by atoms with van der Waals surface area (Å²) in [5.74, 6) is 2.05. The normalized spacial score (nSPS) is 33.4. The van der Waals surface area contributed by atoms with Gasteiger partial charge < -0.3 is 0 Å². The molecular weight excluding hydrogens is 206 g/mol. The van der Waals surface area contributed by atoms with E-state index in [4.69, 9.17) is 0 Å². The van der Waals surface area contributed by atoms with Crippen LogP contribution in [0, 0.1) is 11.8 Å². The number of nitrogens with zero attached hydrogens (tertiary/aromatic N) is 1. The number of hydrogen-bond acceptors (Lipinski definition) is 1. The second-order valence-corrected chi connectivity index (χ2v) is 7.27. The smallest absolute Gasteiger partial charge is 0.0125 e. The molecule has 1 aliphatic carbocycles. The number of piperidine rings is 1. The first-order valence-electron chi connectivity index (χ1n) is 7.82. The molecule has 0 radical (unpaired) electrons. The fourth-order valence-corrected chi connectivity index (χ4v) is 3.74. The molecule has 2 rings (SSSR count). The summed E-state index contributed by atoms with van der Waals surface area (Å²) in [4.78, 5) is 2.73. The lowest BCUT2D eigenvalue weighted by Gasteiger charge is -2.45. The molecule has 1 saturated heterocycles. The van der Waals surface area contributed by atoms with Crippen LogP contribution >= 0.6 is 0 Å². The lowest BCUT2D eigenvalue weighted by molar-refractivity contribution is 0.0400. The van der Waals surface area contributed by atoms with Crippen LogP contribution in [0.3, 0.4) is 0 Å². The average molecular weight is 237 g/mol. The van der Waals surface area contributed by atoms with Gasteiger partial charge in [-0.1, -0.05) is 38.5 Å². The molecule has 1 heterocycles. The van der Waals surface area contributed by atoms with Crippen molar-refractivity contribution in [2.75, 3.05) is 13.1 Å². The minimum absolute atomic E-state index is 0.378. The standard InChI is InChI=1S/C16H31N/c1-16(2,3)17-12-11-14-9-7-5-4-6-8-10-15(14)13-17/h14-15H,4-13H2,1-3H3. The first kappa shape index (κ1) is 13.4. The third kappa shape index (κ3) is 3.71. The minimum Gasteiger partial charge on any atom is -0.298 e. The Morgan fingerprint density at radius 1 is 0.765 bits per heavy atom. The van der Waals surface area contributed by atoms with Gasteiger partial charge in [0.25, 0.3) is 0 Å². The summed E-state index contributed by atoms with van der Waals surface area (Å²) in [6.07, 6.45) is 11.9. The van der Waals surface area contributed by atoms with E-state index in [1.165, 1.54) is 64.5 Å². The highest BCUT2D eigenvalue weighted by Gasteiger charge is 2.33. The van der Waals surface area contributed by atoms with E-state index in [0.29, 0.717) is 5.54 Å². The highest BCUT2D eigenvalue weighted by molar-refractivity contribution is 4.87. The molecule has 0 amide bonds. The van der Waals surface area contributed by atoms with Gasteiger partial charge in [-0.15, -0.1) is 0 Å². The molecule has 2 aliphatic rings. The van der Waals surface area contributed by atoms with Gasteiger partial charge in [0.2, 0.25) is 0 Å². The van der Waals surface area contributed by atoms with Crippen molar-refractivity contribution in [3.8, 4) is 0 Å². The van der Waals surface area contributed by atoms with Crippen molar-refractivity contribution in [2.45, 2.75) is 77.7 Å². The van der Waals surface area contributed by atoms with Gasteiger partial charge >= 0.3 is 0 Å². The number of likely N-dealkylation sites (tertiary alicyclic amines) is 1. The number of rotatable bonds is 0. The molecule has 2 atom stereocenters. The zero-order valence-corrected chi connectivity index (χ0v) is 12.2. The van der Waals surface area contributed by atoms with Crippen LogP contribution in [0.15, 0.2) is 0 Å². The van der Waals surface area contributed by atoms with Gasteiger partial charge in [-0.25, -0.2) is 0 Å². The van der Waals surface area contributed by atoms with Crippen molar-refractivity contribution in [3.63, 3.8) is 0 Å². The molecule has 1 heteroatoms. The maximum absolute atomic E-state index is 2.73. The monoisotopic (exact) mass is 237 g/mol. The summed E-state index contributed by atoms with van der Waals surface area (Å²) < 4.78 is 0. The van der Waals surface area contributed by atoms with Crippen molar-refractivity contribution in [1.82, 2.24) is 4.90 Å². The molecule has 0 aromatic carbocycles. The van der Waals surface area contributed by atoms with Gasteiger partial charge in [0.05, 0.1) is 0 Å². The van der Waals surface area contributed by atoms with Crippen LogP contribution in [0.2, 0.25) is 0 Å². The van der Waals surface area contributed by atoms with E-state index in [-0.39, 0.29) is 0 Å². The van der Waals surface area contributed by atoms with E-state index >= 15 is 0 Å². The Morgan fingerprint density at radius 2 is 1.35 bits per heavy atom. The van der Waals surface area contributed by atoms with E-state index in [1.54, 1.807) is 0 Å². The Labute approximate surface area is 108 Å². The predicted octanol–water partition coefficient (Wildman–Crippen LogP) is 4.47. The Kier molecular flexibility index (Phi) is 4.52. The predicted molar refractivity (Wildman–Crippen MR) is 75.2 cm³/mol. The van der Waals surface area contributed by atoms with Gasteiger partial charge in [-0.05, 0) is 52.0 Å². The summed E-state index contributed by atoms with van der Waals surface area (Å²) in [6.45, 7) is 9.84. The third-order valence-corrected chi connectivity index (χ3v) is 4.99. The molecule has 1 nitrogen and oxygen atoms in total. The van der Waals surface area contributed by atoms with E-state index in [2.05, 4.69) is 25.7 Å². The third-order valence-electron chi connectivity index (χ3n) is 4.99. The molecule has 0 aromatic rings. The van der Waals surface area contributed by atoms with Gasteiger partial charge in [-0.3, -0.25) is 4.90 Å². The largest absolute Gasteiger partial charge is 0.298 e. The van der Waals surface area contributed by atoms with Gasteiger partial charge in [-0.2, -0.15) is 0 Å². The summed E-state index contributed by atoms with van der Waals surface area (Å²) >= 11 is 0. The van der Waals surface area contributed by atoms with Crippen molar-refractivity contribution in [2.24, 2.45) is 11.8 Å². The van der Waals surface area contributed by atoms with Gasteiger partial charge in [0, 0.05) is 12.1 Å². The van der Waals surface area contributed by atoms with E-state index < -0.39 is 0 Å². The molecule has 100 valence electrons. The minimum atomic E-state index is 0.378. The highest BCUT2D eigenvalue weighted by Crippen LogP contribution is 2.35. The second-order valence-electron chi connectivity index (χ2n) is 7.27. The molecule has 0 aromatic heterocycles. The first-order chi connectivity index (χ1) is 8.07. The zero-order valence-electron chi connectivity index (χ0n) is 12.2. The van der Waals surface area contributed by atoms with Crippen molar-refractivity contribution in [3.05, 3.63) is 0 Å². The van der Waals surface area contributed by atoms with Crippen LogP contribution in [-0.4, -0.2) is 23.5 Å². The maximum Gasteiger partial charge on any atom is 0.0125 e. The van der Waals surface area contributed by atoms with Crippen LogP contribution in [0.1, 0.15) is 72.1 Å². The number of hydrogen-bond donors (Lipinski definition) is 0. The van der Waals surface area contributed by atoms with E-state index in [1.807, 2.05) is 0 Å². The first-order valence-corrected chi connectivity index (χ1v) is 7.82. The zero-order chi connectivity index (χ0) is 12.3. The molecule has 1 aliphatic heterocycles. The lowest BCUT2D eigenvalue weighted by Crippen LogP contribution is -2.49. The Morgan fingerprint density at radius 3 is 2.00 bits per heavy atom. The Balaban J connectivity index is 1.95. The molecule has 0 N–H and O–H groups in total. The van der Waals surface area contributed by atoms with Gasteiger partial charge in [0.15, 0.2) is 0 Å². The lowest BCUT2D eigenvalue weighted by atomic mass is 9.79. The molecule has 0 bridgehead atoms. The second kappa shape index (κ2) is 5.73. The maximum atomic E-state index is 2.73. The topological polar surface area (TPSA) is 3.24 Å². The van der Waals surface area contributed by atoms with Gasteiger partial charge in [0.1, 0.15) is 0 Å². The molecule has 1 saturated carbocycles. The average Bonchev–Trinajstić information content (AvgIpc) is 2.38. The highest BCUT2D eigenvalue weighted by atomic mass is 15.2. The molecular formula is C16H31N. The summed E-state index contributed by atoms with van der Waals surface area (Å²) in [7, 11) is 0.